The van der Waals surface area contributed by atoms with Gasteiger partial charge in [0, 0.05) is 31.0 Å². The largest absolute Gasteiger partial charge is 0.279 e. The van der Waals surface area contributed by atoms with Gasteiger partial charge in [0.25, 0.3) is 5.91 Å². The minimum atomic E-state index is -3.58. The number of fused-ring (bicyclic) bond motifs is 1. The van der Waals surface area contributed by atoms with E-state index in [4.69, 9.17) is 4.98 Å². The topological polar surface area (TPSA) is 83.5 Å². The molecule has 0 aliphatic carbocycles. The summed E-state index contributed by atoms with van der Waals surface area (Å²) in [5.74, 6) is -0.242. The number of nitrogens with zero attached hydrogens (tertiary/aromatic N) is 4. The molecule has 7 nitrogen and oxygen atoms in total. The summed E-state index contributed by atoms with van der Waals surface area (Å²) in [6, 6.07) is 16.0. The molecule has 1 saturated heterocycles. The molecule has 4 aromatic rings. The minimum absolute atomic E-state index is 0.218. The predicted molar refractivity (Wildman–Crippen MR) is 143 cm³/mol. The first-order valence-corrected chi connectivity index (χ1v) is 14.4. The Labute approximate surface area is 215 Å². The molecule has 0 spiro atoms. The zero-order valence-electron chi connectivity index (χ0n) is 20.1. The average molecular weight is 521 g/mol. The molecular weight excluding hydrogens is 492 g/mol. The molecule has 0 radical (unpaired) electrons. The van der Waals surface area contributed by atoms with Gasteiger partial charge in [-0.15, -0.1) is 0 Å². The molecule has 2 aromatic heterocycles. The lowest BCUT2D eigenvalue weighted by Crippen LogP contribution is -2.32. The number of carbonyl (C=O) groups excluding carboxylic acids is 1. The number of amides is 1. The summed E-state index contributed by atoms with van der Waals surface area (Å²) in [5.41, 5.74) is 3.25. The van der Waals surface area contributed by atoms with E-state index in [1.54, 1.807) is 33.7 Å². The van der Waals surface area contributed by atoms with Crippen LogP contribution in [0.2, 0.25) is 0 Å². The Hall–Kier alpha value is -3.14. The fourth-order valence-electron chi connectivity index (χ4n) is 4.39. The number of aryl methyl sites for hydroxylation is 1. The molecule has 0 bridgehead atoms. The number of pyridine rings is 1. The Bertz CT molecular complexity index is 1460. The highest BCUT2D eigenvalue weighted by atomic mass is 32.2. The zero-order valence-corrected chi connectivity index (χ0v) is 21.8. The van der Waals surface area contributed by atoms with Gasteiger partial charge >= 0.3 is 0 Å². The second kappa shape index (κ2) is 10.5. The summed E-state index contributed by atoms with van der Waals surface area (Å²) in [6.07, 6.45) is 7.28. The van der Waals surface area contributed by atoms with Gasteiger partial charge in [0.05, 0.1) is 21.7 Å². The normalized spacial score (nSPS) is 15.0. The molecule has 0 atom stereocenters. The number of benzene rings is 2. The highest BCUT2D eigenvalue weighted by Gasteiger charge is 2.27. The van der Waals surface area contributed by atoms with Crippen molar-refractivity contribution in [1.82, 2.24) is 14.3 Å². The molecule has 2 aromatic carbocycles. The van der Waals surface area contributed by atoms with Crippen molar-refractivity contribution in [2.75, 3.05) is 18.0 Å². The van der Waals surface area contributed by atoms with Crippen LogP contribution in [0.15, 0.2) is 71.9 Å². The molecule has 1 aliphatic rings. The average Bonchev–Trinajstić information content (AvgIpc) is 3.10. The van der Waals surface area contributed by atoms with E-state index in [1.165, 1.54) is 23.5 Å². The summed E-state index contributed by atoms with van der Waals surface area (Å²) in [6.45, 7) is 3.41. The van der Waals surface area contributed by atoms with Crippen molar-refractivity contribution >= 4 is 42.6 Å². The van der Waals surface area contributed by atoms with Gasteiger partial charge in [-0.05, 0) is 73.4 Å². The quantitative estimate of drug-likeness (QED) is 0.339. The number of sulfonamides is 1. The van der Waals surface area contributed by atoms with Crippen LogP contribution in [0.4, 0.5) is 5.13 Å². The highest BCUT2D eigenvalue weighted by molar-refractivity contribution is 7.89. The number of hydrogen-bond donors (Lipinski definition) is 0. The van der Waals surface area contributed by atoms with Crippen molar-refractivity contribution < 1.29 is 13.2 Å². The summed E-state index contributed by atoms with van der Waals surface area (Å²) in [5, 5.41) is 0.589. The molecule has 186 valence electrons. The second-order valence-electron chi connectivity index (χ2n) is 9.06. The smallest absolute Gasteiger partial charge is 0.260 e. The summed E-state index contributed by atoms with van der Waals surface area (Å²) in [4.78, 5) is 24.5. The van der Waals surface area contributed by atoms with Gasteiger partial charge in [0.15, 0.2) is 5.13 Å². The molecule has 1 aliphatic heterocycles. The van der Waals surface area contributed by atoms with Crippen molar-refractivity contribution in [2.45, 2.75) is 44.0 Å². The first-order chi connectivity index (χ1) is 17.4. The molecule has 36 heavy (non-hydrogen) atoms. The Balaban J connectivity index is 1.46. The first-order valence-electron chi connectivity index (χ1n) is 12.1. The zero-order chi connectivity index (χ0) is 25.1. The van der Waals surface area contributed by atoms with Gasteiger partial charge in [0.1, 0.15) is 0 Å². The molecular formula is C27H28N4O3S2. The summed E-state index contributed by atoms with van der Waals surface area (Å²) < 4.78 is 28.9. The lowest BCUT2D eigenvalue weighted by Gasteiger charge is -2.21. The number of aromatic nitrogens is 2. The third-order valence-electron chi connectivity index (χ3n) is 6.38. The van der Waals surface area contributed by atoms with Crippen molar-refractivity contribution in [2.24, 2.45) is 0 Å². The molecule has 9 heteroatoms. The van der Waals surface area contributed by atoms with Gasteiger partial charge in [-0.1, -0.05) is 36.3 Å². The molecule has 1 amide bonds. The maximum atomic E-state index is 13.7. The van der Waals surface area contributed by atoms with Crippen LogP contribution in [0.5, 0.6) is 0 Å². The lowest BCUT2D eigenvalue weighted by atomic mass is 10.2. The maximum absolute atomic E-state index is 13.7. The number of carbonyl (C=O) groups is 1. The number of anilines is 1. The number of rotatable bonds is 6. The van der Waals surface area contributed by atoms with Crippen LogP contribution in [0.3, 0.4) is 0 Å². The van der Waals surface area contributed by atoms with E-state index in [0.717, 1.165) is 47.0 Å². The van der Waals surface area contributed by atoms with Crippen LogP contribution < -0.4 is 4.90 Å². The van der Waals surface area contributed by atoms with Gasteiger partial charge < -0.3 is 0 Å². The predicted octanol–water partition coefficient (Wildman–Crippen LogP) is 5.41. The molecule has 5 rings (SSSR count). The Morgan fingerprint density at radius 3 is 2.47 bits per heavy atom. The van der Waals surface area contributed by atoms with Crippen LogP contribution >= 0.6 is 11.3 Å². The Morgan fingerprint density at radius 1 is 1.03 bits per heavy atom. The number of thiazole rings is 1. The van der Waals surface area contributed by atoms with E-state index >= 15 is 0 Å². The third-order valence-corrected chi connectivity index (χ3v) is 9.33. The van der Waals surface area contributed by atoms with Crippen molar-refractivity contribution in [3.05, 3.63) is 83.7 Å². The third kappa shape index (κ3) is 5.18. The van der Waals surface area contributed by atoms with E-state index in [9.17, 15) is 13.2 Å². The first kappa shape index (κ1) is 24.5. The van der Waals surface area contributed by atoms with Gasteiger partial charge in [-0.25, -0.2) is 13.4 Å². The fraction of sp³-hybridized carbons (Fsp3) is 0.296. The molecule has 0 unspecified atom stereocenters. The van der Waals surface area contributed by atoms with Crippen molar-refractivity contribution in [1.29, 1.82) is 0 Å². The Kier molecular flexibility index (Phi) is 7.13. The molecule has 0 N–H and O–H groups in total. The van der Waals surface area contributed by atoms with Crippen molar-refractivity contribution in [3.8, 4) is 0 Å². The van der Waals surface area contributed by atoms with Crippen LogP contribution in [0.25, 0.3) is 10.2 Å². The van der Waals surface area contributed by atoms with Gasteiger partial charge in [-0.3, -0.25) is 14.7 Å². The van der Waals surface area contributed by atoms with E-state index in [0.29, 0.717) is 30.3 Å². The highest BCUT2D eigenvalue weighted by Crippen LogP contribution is 2.32. The minimum Gasteiger partial charge on any atom is -0.279 e. The SMILES string of the molecule is Cc1ccc2nc(N(Cc3cccnc3)C(=O)c3ccc(S(=O)(=O)N4CCCCCC4)cc3)sc2c1. The van der Waals surface area contributed by atoms with Crippen LogP contribution in [-0.4, -0.2) is 41.7 Å². The second-order valence-corrected chi connectivity index (χ2v) is 12.0. The molecule has 3 heterocycles. The van der Waals surface area contributed by atoms with E-state index in [-0.39, 0.29) is 10.8 Å². The van der Waals surface area contributed by atoms with Crippen LogP contribution in [0.1, 0.15) is 47.2 Å². The maximum Gasteiger partial charge on any atom is 0.260 e. The lowest BCUT2D eigenvalue weighted by molar-refractivity contribution is 0.0985. The van der Waals surface area contributed by atoms with E-state index < -0.39 is 10.0 Å². The van der Waals surface area contributed by atoms with E-state index in [2.05, 4.69) is 11.1 Å². The summed E-state index contributed by atoms with van der Waals surface area (Å²) >= 11 is 1.46. The fourth-order valence-corrected chi connectivity index (χ4v) is 6.97. The monoisotopic (exact) mass is 520 g/mol. The number of hydrogen-bond acceptors (Lipinski definition) is 6. The van der Waals surface area contributed by atoms with Gasteiger partial charge in [0.2, 0.25) is 10.0 Å². The molecule has 1 fully saturated rings. The van der Waals surface area contributed by atoms with Crippen molar-refractivity contribution in [3.63, 3.8) is 0 Å². The standard InChI is InChI=1S/C27H28N4O3S2/c1-20-8-13-24-25(17-20)35-27(29-24)31(19-21-7-6-14-28-18-21)26(32)22-9-11-23(12-10-22)36(33,34)30-15-4-2-3-5-16-30/h6-14,17-18H,2-5,15-16,19H2,1H3. The Morgan fingerprint density at radius 2 is 1.78 bits per heavy atom. The molecule has 0 saturated carbocycles. The summed E-state index contributed by atoms with van der Waals surface area (Å²) in [7, 11) is -3.58. The van der Waals surface area contributed by atoms with Gasteiger partial charge in [-0.2, -0.15) is 4.31 Å². The van der Waals surface area contributed by atoms with Crippen LogP contribution in [0, 0.1) is 6.92 Å². The van der Waals surface area contributed by atoms with Crippen LogP contribution in [-0.2, 0) is 16.6 Å². The van der Waals surface area contributed by atoms with E-state index in [1.807, 2.05) is 31.2 Å².